The van der Waals surface area contributed by atoms with E-state index in [0.29, 0.717) is 12.5 Å². The molecule has 0 aromatic heterocycles. The van der Waals surface area contributed by atoms with Crippen molar-refractivity contribution in [1.82, 2.24) is 10.2 Å². The van der Waals surface area contributed by atoms with Crippen LogP contribution in [-0.4, -0.2) is 31.5 Å². The summed E-state index contributed by atoms with van der Waals surface area (Å²) in [6.45, 7) is 5.80. The molecule has 0 aliphatic heterocycles. The van der Waals surface area contributed by atoms with E-state index in [0.717, 1.165) is 18.1 Å². The molecule has 1 rings (SSSR count). The van der Waals surface area contributed by atoms with Gasteiger partial charge < -0.3 is 10.2 Å². The van der Waals surface area contributed by atoms with E-state index in [1.54, 1.807) is 19.2 Å². The highest BCUT2D eigenvalue weighted by molar-refractivity contribution is 14.0. The molecule has 0 aliphatic rings. The third-order valence-corrected chi connectivity index (χ3v) is 2.55. The summed E-state index contributed by atoms with van der Waals surface area (Å²) >= 11 is 0. The van der Waals surface area contributed by atoms with Gasteiger partial charge in [0.25, 0.3) is 0 Å². The Morgan fingerprint density at radius 1 is 1.42 bits per heavy atom. The topological polar surface area (TPSA) is 27.6 Å². The summed E-state index contributed by atoms with van der Waals surface area (Å²) < 4.78 is 13.1. The summed E-state index contributed by atoms with van der Waals surface area (Å²) in [5.41, 5.74) is 0.935. The van der Waals surface area contributed by atoms with E-state index >= 15 is 0 Å². The molecule has 3 nitrogen and oxygen atoms in total. The van der Waals surface area contributed by atoms with Gasteiger partial charge in [0, 0.05) is 27.2 Å². The van der Waals surface area contributed by atoms with Crippen molar-refractivity contribution in [2.24, 2.45) is 10.9 Å². The predicted molar refractivity (Wildman–Crippen MR) is 89.5 cm³/mol. The lowest BCUT2D eigenvalue weighted by atomic mass is 10.2. The molecule has 0 atom stereocenters. The average molecular weight is 379 g/mol. The van der Waals surface area contributed by atoms with Crippen LogP contribution in [0.1, 0.15) is 19.4 Å². The Morgan fingerprint density at radius 2 is 2.11 bits per heavy atom. The number of benzene rings is 1. The molecule has 0 saturated carbocycles. The van der Waals surface area contributed by atoms with Crippen molar-refractivity contribution in [1.29, 1.82) is 0 Å². The Morgan fingerprint density at radius 3 is 2.63 bits per heavy atom. The van der Waals surface area contributed by atoms with Crippen LogP contribution in [0.25, 0.3) is 0 Å². The molecule has 0 heterocycles. The van der Waals surface area contributed by atoms with Crippen molar-refractivity contribution >= 4 is 29.9 Å². The van der Waals surface area contributed by atoms with Gasteiger partial charge >= 0.3 is 0 Å². The second-order valence-electron chi connectivity index (χ2n) is 4.81. The quantitative estimate of drug-likeness (QED) is 0.495. The fourth-order valence-electron chi connectivity index (χ4n) is 1.66. The van der Waals surface area contributed by atoms with Gasteiger partial charge in [-0.1, -0.05) is 26.0 Å². The number of rotatable bonds is 4. The zero-order valence-electron chi connectivity index (χ0n) is 12.0. The van der Waals surface area contributed by atoms with Crippen LogP contribution in [0.4, 0.5) is 4.39 Å². The fraction of sp³-hybridized carbons (Fsp3) is 0.500. The lowest BCUT2D eigenvalue weighted by Crippen LogP contribution is -2.40. The van der Waals surface area contributed by atoms with Gasteiger partial charge in [0.15, 0.2) is 5.96 Å². The lowest BCUT2D eigenvalue weighted by Gasteiger charge is -2.23. The Kier molecular flexibility index (Phi) is 8.71. The van der Waals surface area contributed by atoms with E-state index in [1.807, 2.05) is 18.0 Å². The zero-order chi connectivity index (χ0) is 13.5. The number of nitrogens with one attached hydrogen (secondary N) is 1. The van der Waals surface area contributed by atoms with Crippen LogP contribution >= 0.6 is 24.0 Å². The van der Waals surface area contributed by atoms with Gasteiger partial charge in [0.1, 0.15) is 5.82 Å². The molecule has 1 aromatic rings. The molecule has 0 saturated heterocycles. The third-order valence-electron chi connectivity index (χ3n) is 2.55. The van der Waals surface area contributed by atoms with Crippen molar-refractivity contribution < 1.29 is 4.39 Å². The van der Waals surface area contributed by atoms with Crippen LogP contribution in [0.2, 0.25) is 0 Å². The number of guanidine groups is 1. The predicted octanol–water partition coefficient (Wildman–Crippen LogP) is 3.11. The van der Waals surface area contributed by atoms with Gasteiger partial charge in [-0.05, 0) is 23.6 Å². The maximum Gasteiger partial charge on any atom is 0.193 e. The Labute approximate surface area is 132 Å². The minimum atomic E-state index is -0.203. The number of nitrogens with zero attached hydrogens (tertiary/aromatic N) is 2. The molecule has 0 radical (unpaired) electrons. The number of hydrogen-bond acceptors (Lipinski definition) is 1. The standard InChI is InChI=1S/C14H22FN3.HI/c1-11(2)9-17-14(16-3)18(4)10-12-6-5-7-13(15)8-12;/h5-8,11H,9-10H2,1-4H3,(H,16,17);1H. The first-order valence-corrected chi connectivity index (χ1v) is 6.19. The molecule has 1 N–H and O–H groups in total. The van der Waals surface area contributed by atoms with Crippen LogP contribution in [0.5, 0.6) is 0 Å². The van der Waals surface area contributed by atoms with Gasteiger partial charge in [0.05, 0.1) is 0 Å². The van der Waals surface area contributed by atoms with Crippen molar-refractivity contribution in [2.75, 3.05) is 20.6 Å². The molecule has 1 aromatic carbocycles. The number of halogens is 2. The van der Waals surface area contributed by atoms with E-state index in [4.69, 9.17) is 0 Å². The molecule has 0 aliphatic carbocycles. The van der Waals surface area contributed by atoms with Gasteiger partial charge in [0.2, 0.25) is 0 Å². The molecule has 19 heavy (non-hydrogen) atoms. The van der Waals surface area contributed by atoms with Crippen molar-refractivity contribution in [2.45, 2.75) is 20.4 Å². The molecule has 5 heteroatoms. The summed E-state index contributed by atoms with van der Waals surface area (Å²) in [7, 11) is 3.70. The van der Waals surface area contributed by atoms with E-state index in [1.165, 1.54) is 6.07 Å². The van der Waals surface area contributed by atoms with E-state index in [-0.39, 0.29) is 29.8 Å². The number of aliphatic imine (C=N–C) groups is 1. The second-order valence-corrected chi connectivity index (χ2v) is 4.81. The molecule has 0 amide bonds. The maximum absolute atomic E-state index is 13.1. The molecule has 0 unspecified atom stereocenters. The van der Waals surface area contributed by atoms with E-state index in [2.05, 4.69) is 24.2 Å². The largest absolute Gasteiger partial charge is 0.356 e. The highest BCUT2D eigenvalue weighted by Gasteiger charge is 2.07. The first kappa shape index (κ1) is 18.1. The second kappa shape index (κ2) is 9.12. The van der Waals surface area contributed by atoms with Crippen LogP contribution < -0.4 is 5.32 Å². The van der Waals surface area contributed by atoms with Crippen molar-refractivity contribution in [3.63, 3.8) is 0 Å². The lowest BCUT2D eigenvalue weighted by molar-refractivity contribution is 0.466. The van der Waals surface area contributed by atoms with Gasteiger partial charge in [-0.25, -0.2) is 4.39 Å². The summed E-state index contributed by atoms with van der Waals surface area (Å²) in [4.78, 5) is 6.20. The monoisotopic (exact) mass is 379 g/mol. The number of hydrogen-bond donors (Lipinski definition) is 1. The van der Waals surface area contributed by atoms with Crippen LogP contribution in [0, 0.1) is 11.7 Å². The summed E-state index contributed by atoms with van der Waals surface area (Å²) in [5.74, 6) is 1.18. The molecule has 0 bridgehead atoms. The average Bonchev–Trinajstić information content (AvgIpc) is 2.29. The Hall–Kier alpha value is -0.850. The van der Waals surface area contributed by atoms with Gasteiger partial charge in [-0.3, -0.25) is 4.99 Å². The van der Waals surface area contributed by atoms with Gasteiger partial charge in [-0.15, -0.1) is 24.0 Å². The van der Waals surface area contributed by atoms with Crippen molar-refractivity contribution in [3.8, 4) is 0 Å². The Balaban J connectivity index is 0.00000324. The zero-order valence-corrected chi connectivity index (χ0v) is 14.3. The highest BCUT2D eigenvalue weighted by atomic mass is 127. The first-order chi connectivity index (χ1) is 8.52. The van der Waals surface area contributed by atoms with Crippen LogP contribution in [0.3, 0.4) is 0 Å². The minimum Gasteiger partial charge on any atom is -0.356 e. The maximum atomic E-state index is 13.1. The van der Waals surface area contributed by atoms with Gasteiger partial charge in [-0.2, -0.15) is 0 Å². The summed E-state index contributed by atoms with van der Waals surface area (Å²) in [6, 6.07) is 6.64. The molecule has 108 valence electrons. The molecule has 0 fully saturated rings. The molecule has 0 spiro atoms. The highest BCUT2D eigenvalue weighted by Crippen LogP contribution is 2.06. The van der Waals surface area contributed by atoms with Crippen LogP contribution in [0.15, 0.2) is 29.3 Å². The summed E-state index contributed by atoms with van der Waals surface area (Å²) in [6.07, 6.45) is 0. The normalized spacial score (nSPS) is 11.2. The molecular weight excluding hydrogens is 356 g/mol. The SMILES string of the molecule is CN=C(NCC(C)C)N(C)Cc1cccc(F)c1.I. The first-order valence-electron chi connectivity index (χ1n) is 6.19. The third kappa shape index (κ3) is 6.75. The minimum absolute atomic E-state index is 0. The van der Waals surface area contributed by atoms with E-state index in [9.17, 15) is 4.39 Å². The van der Waals surface area contributed by atoms with E-state index < -0.39 is 0 Å². The summed E-state index contributed by atoms with van der Waals surface area (Å²) in [5, 5.41) is 3.29. The van der Waals surface area contributed by atoms with Crippen LogP contribution in [-0.2, 0) is 6.54 Å². The smallest absolute Gasteiger partial charge is 0.193 e. The Bertz CT molecular complexity index is 407. The van der Waals surface area contributed by atoms with Crippen molar-refractivity contribution in [3.05, 3.63) is 35.6 Å². The fourth-order valence-corrected chi connectivity index (χ4v) is 1.66. The molecular formula is C14H23FIN3.